The van der Waals surface area contributed by atoms with Crippen molar-refractivity contribution in [3.63, 3.8) is 0 Å². The third-order valence-corrected chi connectivity index (χ3v) is 4.44. The van der Waals surface area contributed by atoms with Gasteiger partial charge in [-0.3, -0.25) is 14.5 Å². The molecule has 1 unspecified atom stereocenters. The number of carbonyl (C=O) groups excluding carboxylic acids is 2. The van der Waals surface area contributed by atoms with E-state index in [-0.39, 0.29) is 24.1 Å². The number of halogens is 1. The van der Waals surface area contributed by atoms with Gasteiger partial charge in [0.05, 0.1) is 6.42 Å². The zero-order valence-corrected chi connectivity index (χ0v) is 14.1. The van der Waals surface area contributed by atoms with Crippen molar-refractivity contribution in [3.8, 4) is 0 Å². The van der Waals surface area contributed by atoms with Crippen LogP contribution in [-0.2, 0) is 16.0 Å². The van der Waals surface area contributed by atoms with Gasteiger partial charge in [-0.05, 0) is 30.5 Å². The number of carbonyl (C=O) groups is 2. The molecule has 0 saturated carbocycles. The van der Waals surface area contributed by atoms with Gasteiger partial charge in [0.15, 0.2) is 11.6 Å². The number of hydrogen-bond acceptors (Lipinski definition) is 3. The Labute approximate surface area is 146 Å². The molecule has 1 aromatic heterocycles. The summed E-state index contributed by atoms with van der Waals surface area (Å²) in [6.07, 6.45) is 3.04. The molecule has 2 heterocycles. The quantitative estimate of drug-likeness (QED) is 0.858. The molecule has 0 aliphatic carbocycles. The van der Waals surface area contributed by atoms with Crippen LogP contribution in [0.3, 0.4) is 0 Å². The minimum Gasteiger partial charge on any atom is -0.330 e. The maximum atomic E-state index is 13.9. The number of hydrogen-bond donors (Lipinski definition) is 0. The van der Waals surface area contributed by atoms with E-state index >= 15 is 0 Å². The van der Waals surface area contributed by atoms with E-state index in [0.717, 1.165) is 12.0 Å². The van der Waals surface area contributed by atoms with E-state index in [0.29, 0.717) is 13.0 Å². The molecule has 0 bridgehead atoms. The molecule has 5 nitrogen and oxygen atoms in total. The lowest BCUT2D eigenvalue weighted by Crippen LogP contribution is -2.47. The van der Waals surface area contributed by atoms with Crippen molar-refractivity contribution in [1.82, 2.24) is 9.88 Å². The summed E-state index contributed by atoms with van der Waals surface area (Å²) in [5.41, 5.74) is 0.912. The molecule has 1 fully saturated rings. The monoisotopic (exact) mass is 341 g/mol. The van der Waals surface area contributed by atoms with E-state index in [1.165, 1.54) is 30.3 Å². The summed E-state index contributed by atoms with van der Waals surface area (Å²) in [4.78, 5) is 32.2. The van der Waals surface area contributed by atoms with Crippen LogP contribution in [0.2, 0.25) is 0 Å². The van der Waals surface area contributed by atoms with Gasteiger partial charge < -0.3 is 4.90 Å². The molecule has 1 aliphatic rings. The van der Waals surface area contributed by atoms with Crippen LogP contribution in [0.1, 0.15) is 18.4 Å². The zero-order chi connectivity index (χ0) is 17.8. The maximum Gasteiger partial charge on any atom is 0.250 e. The molecule has 25 heavy (non-hydrogen) atoms. The van der Waals surface area contributed by atoms with Crippen LogP contribution in [0.25, 0.3) is 0 Å². The predicted molar refractivity (Wildman–Crippen MR) is 92.5 cm³/mol. The van der Waals surface area contributed by atoms with Crippen LogP contribution in [-0.4, -0.2) is 41.3 Å². The molecule has 0 N–H and O–H groups in total. The molecule has 0 spiro atoms. The van der Waals surface area contributed by atoms with Crippen LogP contribution in [0.4, 0.5) is 10.2 Å². The Bertz CT molecular complexity index is 766. The average molecular weight is 341 g/mol. The summed E-state index contributed by atoms with van der Waals surface area (Å²) in [5.74, 6) is -0.971. The number of likely N-dealkylation sites (tertiary alicyclic amines) is 1. The number of amides is 2. The highest BCUT2D eigenvalue weighted by Crippen LogP contribution is 2.23. The van der Waals surface area contributed by atoms with Gasteiger partial charge in [-0.25, -0.2) is 9.37 Å². The molecule has 1 aromatic carbocycles. The number of pyridine rings is 1. The average Bonchev–Trinajstić information content (AvgIpc) is 3.11. The van der Waals surface area contributed by atoms with Crippen LogP contribution >= 0.6 is 0 Å². The number of rotatable bonds is 4. The second kappa shape index (κ2) is 7.42. The third-order valence-electron chi connectivity index (χ3n) is 4.44. The fraction of sp³-hybridized carbons (Fsp3) is 0.316. The summed E-state index contributed by atoms with van der Waals surface area (Å²) in [6, 6.07) is 11.6. The normalized spacial score (nSPS) is 16.7. The lowest BCUT2D eigenvalue weighted by molar-refractivity contribution is -0.136. The summed E-state index contributed by atoms with van der Waals surface area (Å²) >= 11 is 0. The van der Waals surface area contributed by atoms with Crippen molar-refractivity contribution in [2.24, 2.45) is 0 Å². The first kappa shape index (κ1) is 17.1. The van der Waals surface area contributed by atoms with Gasteiger partial charge in [0, 0.05) is 19.8 Å². The molecule has 1 saturated heterocycles. The van der Waals surface area contributed by atoms with Gasteiger partial charge in [-0.15, -0.1) is 0 Å². The van der Waals surface area contributed by atoms with E-state index in [9.17, 15) is 14.0 Å². The number of likely N-dealkylation sites (N-methyl/N-ethyl adjacent to an activating group) is 1. The summed E-state index contributed by atoms with van der Waals surface area (Å²) in [6.45, 7) is 0.542. The van der Waals surface area contributed by atoms with Crippen LogP contribution in [0.5, 0.6) is 0 Å². The lowest BCUT2D eigenvalue weighted by Gasteiger charge is -2.27. The van der Waals surface area contributed by atoms with Gasteiger partial charge in [-0.1, -0.05) is 30.3 Å². The van der Waals surface area contributed by atoms with Crippen molar-refractivity contribution in [3.05, 3.63) is 60.0 Å². The standard InChI is InChI=1S/C19H20FN3O2/c1-22(18-15(20)9-5-11-21-18)19(25)16-10-6-12-23(16)17(24)13-14-7-3-2-4-8-14/h2-5,7-9,11,16H,6,10,12-13H2,1H3. The second-order valence-electron chi connectivity index (χ2n) is 6.11. The maximum absolute atomic E-state index is 13.9. The van der Waals surface area contributed by atoms with Crippen molar-refractivity contribution in [1.29, 1.82) is 0 Å². The minimum absolute atomic E-state index is 0.0186. The van der Waals surface area contributed by atoms with Crippen LogP contribution in [0.15, 0.2) is 48.7 Å². The molecule has 3 rings (SSSR count). The Kier molecular flexibility index (Phi) is 5.07. The zero-order valence-electron chi connectivity index (χ0n) is 14.1. The highest BCUT2D eigenvalue weighted by atomic mass is 19.1. The number of anilines is 1. The fourth-order valence-corrected chi connectivity index (χ4v) is 3.15. The highest BCUT2D eigenvalue weighted by Gasteiger charge is 2.36. The van der Waals surface area contributed by atoms with E-state index in [1.807, 2.05) is 30.3 Å². The Morgan fingerprint density at radius 2 is 2.00 bits per heavy atom. The fourth-order valence-electron chi connectivity index (χ4n) is 3.15. The molecule has 2 amide bonds. The topological polar surface area (TPSA) is 53.5 Å². The molecule has 0 radical (unpaired) electrons. The summed E-state index contributed by atoms with van der Waals surface area (Å²) in [5, 5.41) is 0. The van der Waals surface area contributed by atoms with Gasteiger partial charge >= 0.3 is 0 Å². The largest absolute Gasteiger partial charge is 0.330 e. The molecule has 1 atom stereocenters. The summed E-state index contributed by atoms with van der Waals surface area (Å²) in [7, 11) is 1.49. The summed E-state index contributed by atoms with van der Waals surface area (Å²) < 4.78 is 13.9. The number of nitrogens with zero attached hydrogens (tertiary/aromatic N) is 3. The molecule has 6 heteroatoms. The first-order valence-electron chi connectivity index (χ1n) is 8.29. The Balaban J connectivity index is 1.73. The van der Waals surface area contributed by atoms with Crippen LogP contribution < -0.4 is 4.90 Å². The first-order chi connectivity index (χ1) is 12.1. The Hall–Kier alpha value is -2.76. The van der Waals surface area contributed by atoms with Crippen molar-refractivity contribution < 1.29 is 14.0 Å². The van der Waals surface area contributed by atoms with Gasteiger partial charge in [0.1, 0.15) is 6.04 Å². The van der Waals surface area contributed by atoms with Gasteiger partial charge in [0.2, 0.25) is 5.91 Å². The molecule has 2 aromatic rings. The van der Waals surface area contributed by atoms with Crippen molar-refractivity contribution in [2.45, 2.75) is 25.3 Å². The van der Waals surface area contributed by atoms with Gasteiger partial charge in [0.25, 0.3) is 5.91 Å². The first-order valence-corrected chi connectivity index (χ1v) is 8.29. The Morgan fingerprint density at radius 1 is 1.24 bits per heavy atom. The molecule has 130 valence electrons. The minimum atomic E-state index is -0.567. The number of benzene rings is 1. The van der Waals surface area contributed by atoms with E-state index in [4.69, 9.17) is 0 Å². The highest BCUT2D eigenvalue weighted by molar-refractivity contribution is 5.98. The van der Waals surface area contributed by atoms with Crippen LogP contribution in [0, 0.1) is 5.82 Å². The third kappa shape index (κ3) is 3.68. The van der Waals surface area contributed by atoms with Gasteiger partial charge in [-0.2, -0.15) is 0 Å². The molecular weight excluding hydrogens is 321 g/mol. The lowest BCUT2D eigenvalue weighted by atomic mass is 10.1. The van der Waals surface area contributed by atoms with E-state index in [2.05, 4.69) is 4.98 Å². The van der Waals surface area contributed by atoms with E-state index in [1.54, 1.807) is 4.90 Å². The predicted octanol–water partition coefficient (Wildman–Crippen LogP) is 2.42. The van der Waals surface area contributed by atoms with E-state index < -0.39 is 11.9 Å². The Morgan fingerprint density at radius 3 is 2.72 bits per heavy atom. The van der Waals surface area contributed by atoms with Crippen molar-refractivity contribution in [2.75, 3.05) is 18.5 Å². The number of aromatic nitrogens is 1. The molecular formula is C19H20FN3O2. The van der Waals surface area contributed by atoms with Crippen molar-refractivity contribution >= 4 is 17.6 Å². The molecule has 1 aliphatic heterocycles. The smallest absolute Gasteiger partial charge is 0.250 e. The SMILES string of the molecule is CN(C(=O)C1CCCN1C(=O)Cc1ccccc1)c1ncccc1F. The second-order valence-corrected chi connectivity index (χ2v) is 6.11.